The second kappa shape index (κ2) is 5.59. The maximum Gasteiger partial charge on any atom is 0.0625 e. The van der Waals surface area contributed by atoms with Gasteiger partial charge in [0.1, 0.15) is 0 Å². The summed E-state index contributed by atoms with van der Waals surface area (Å²) in [6.07, 6.45) is 5.59. The Morgan fingerprint density at radius 2 is 1.60 bits per heavy atom. The van der Waals surface area contributed by atoms with Gasteiger partial charge in [0.2, 0.25) is 0 Å². The van der Waals surface area contributed by atoms with Gasteiger partial charge in [-0.2, -0.15) is 5.26 Å². The second-order valence-corrected chi connectivity index (χ2v) is 4.83. The summed E-state index contributed by atoms with van der Waals surface area (Å²) in [4.78, 5) is 0. The van der Waals surface area contributed by atoms with E-state index in [9.17, 15) is 0 Å². The molecular weight excluding hydrogens is 242 g/mol. The van der Waals surface area contributed by atoms with E-state index >= 15 is 0 Å². The van der Waals surface area contributed by atoms with Gasteiger partial charge in [-0.05, 0) is 39.6 Å². The molecule has 0 bridgehead atoms. The Labute approximate surface area is 118 Å². The molecule has 3 rings (SSSR count). The molecule has 3 aromatic rings. The number of hydrogen-bond acceptors (Lipinski definition) is 1. The predicted molar refractivity (Wildman–Crippen MR) is 85.3 cm³/mol. The van der Waals surface area contributed by atoms with Crippen LogP contribution in [0.25, 0.3) is 27.6 Å². The maximum absolute atomic E-state index is 8.59. The standard InChI is InChI=1S/C19H15N/c20-13-7-1-2-8-15-14-16-9-3-4-10-17(16)19-12-6-5-11-18(15)19/h2-6,8-12,14H,1,7H2/b8-2+. The van der Waals surface area contributed by atoms with Crippen LogP contribution in [-0.4, -0.2) is 0 Å². The number of nitrogens with zero attached hydrogens (tertiary/aromatic N) is 1. The molecule has 1 nitrogen and oxygen atoms in total. The van der Waals surface area contributed by atoms with E-state index in [1.165, 1.54) is 27.1 Å². The summed E-state index contributed by atoms with van der Waals surface area (Å²) < 4.78 is 0. The van der Waals surface area contributed by atoms with Crippen molar-refractivity contribution in [1.82, 2.24) is 0 Å². The first kappa shape index (κ1) is 12.4. The van der Waals surface area contributed by atoms with Crippen molar-refractivity contribution in [3.63, 3.8) is 0 Å². The smallest absolute Gasteiger partial charge is 0.0625 e. The van der Waals surface area contributed by atoms with Crippen molar-refractivity contribution in [1.29, 1.82) is 5.26 Å². The van der Waals surface area contributed by atoms with Crippen LogP contribution in [0.15, 0.2) is 60.7 Å². The Morgan fingerprint density at radius 1 is 0.900 bits per heavy atom. The van der Waals surface area contributed by atoms with Crippen LogP contribution in [0, 0.1) is 11.3 Å². The van der Waals surface area contributed by atoms with Crippen LogP contribution in [0.1, 0.15) is 18.4 Å². The molecule has 0 spiro atoms. The molecule has 0 aliphatic carbocycles. The summed E-state index contributed by atoms with van der Waals surface area (Å²) in [6, 6.07) is 21.3. The van der Waals surface area contributed by atoms with Gasteiger partial charge < -0.3 is 0 Å². The largest absolute Gasteiger partial charge is 0.198 e. The van der Waals surface area contributed by atoms with E-state index in [1.807, 2.05) is 0 Å². The third-order valence-electron chi connectivity index (χ3n) is 3.52. The molecule has 0 amide bonds. The van der Waals surface area contributed by atoms with E-state index in [-0.39, 0.29) is 0 Å². The van der Waals surface area contributed by atoms with E-state index in [0.29, 0.717) is 6.42 Å². The molecule has 0 aromatic heterocycles. The van der Waals surface area contributed by atoms with Crippen molar-refractivity contribution < 1.29 is 0 Å². The molecule has 0 radical (unpaired) electrons. The molecule has 96 valence electrons. The zero-order valence-corrected chi connectivity index (χ0v) is 11.2. The zero-order valence-electron chi connectivity index (χ0n) is 11.2. The topological polar surface area (TPSA) is 23.8 Å². The van der Waals surface area contributed by atoms with Crippen LogP contribution in [0.5, 0.6) is 0 Å². The Balaban J connectivity index is 2.19. The fourth-order valence-corrected chi connectivity index (χ4v) is 2.58. The lowest BCUT2D eigenvalue weighted by atomic mass is 9.97. The number of fused-ring (bicyclic) bond motifs is 3. The lowest BCUT2D eigenvalue weighted by molar-refractivity contribution is 1.07. The van der Waals surface area contributed by atoms with Crippen LogP contribution in [-0.2, 0) is 0 Å². The molecule has 0 fully saturated rings. The molecule has 0 heterocycles. The molecule has 0 aliphatic rings. The van der Waals surface area contributed by atoms with Gasteiger partial charge in [0.05, 0.1) is 6.07 Å². The van der Waals surface area contributed by atoms with Gasteiger partial charge >= 0.3 is 0 Å². The van der Waals surface area contributed by atoms with Crippen molar-refractivity contribution in [3.05, 3.63) is 66.2 Å². The summed E-state index contributed by atoms with van der Waals surface area (Å²) in [5.74, 6) is 0. The minimum atomic E-state index is 0.571. The minimum Gasteiger partial charge on any atom is -0.198 e. The molecule has 0 aliphatic heterocycles. The monoisotopic (exact) mass is 257 g/mol. The number of unbranched alkanes of at least 4 members (excludes halogenated alkanes) is 1. The van der Waals surface area contributed by atoms with Gasteiger partial charge in [-0.15, -0.1) is 0 Å². The van der Waals surface area contributed by atoms with Crippen LogP contribution >= 0.6 is 0 Å². The van der Waals surface area contributed by atoms with E-state index in [2.05, 4.69) is 72.8 Å². The molecule has 0 saturated carbocycles. The van der Waals surface area contributed by atoms with Crippen LogP contribution in [0.3, 0.4) is 0 Å². The number of rotatable bonds is 3. The normalized spacial score (nSPS) is 11.2. The molecule has 1 heteroatoms. The van der Waals surface area contributed by atoms with Gasteiger partial charge in [-0.1, -0.05) is 60.7 Å². The predicted octanol–water partition coefficient (Wildman–Crippen LogP) is 5.31. The summed E-state index contributed by atoms with van der Waals surface area (Å²) in [5.41, 5.74) is 1.22. The molecule has 0 N–H and O–H groups in total. The molecule has 0 saturated heterocycles. The van der Waals surface area contributed by atoms with Gasteiger partial charge in [0, 0.05) is 6.42 Å². The van der Waals surface area contributed by atoms with Crippen molar-refractivity contribution >= 4 is 27.6 Å². The molecule has 0 unspecified atom stereocenters. The summed E-state index contributed by atoms with van der Waals surface area (Å²) in [6.45, 7) is 0. The number of benzene rings is 3. The molecular formula is C19H15N. The fourth-order valence-electron chi connectivity index (χ4n) is 2.58. The summed E-state index contributed by atoms with van der Waals surface area (Å²) in [5, 5.41) is 13.7. The zero-order chi connectivity index (χ0) is 13.8. The van der Waals surface area contributed by atoms with Gasteiger partial charge in [-0.3, -0.25) is 0 Å². The Hall–Kier alpha value is -2.59. The first-order valence-electron chi connectivity index (χ1n) is 6.84. The molecule has 0 atom stereocenters. The lowest BCUT2D eigenvalue weighted by Gasteiger charge is -2.07. The van der Waals surface area contributed by atoms with Crippen molar-refractivity contribution in [2.75, 3.05) is 0 Å². The van der Waals surface area contributed by atoms with Gasteiger partial charge in [0.25, 0.3) is 0 Å². The lowest BCUT2D eigenvalue weighted by Crippen LogP contribution is -1.82. The quantitative estimate of drug-likeness (QED) is 0.460. The average molecular weight is 257 g/mol. The van der Waals surface area contributed by atoms with Gasteiger partial charge in [-0.25, -0.2) is 0 Å². The van der Waals surface area contributed by atoms with Crippen molar-refractivity contribution in [2.24, 2.45) is 0 Å². The third-order valence-corrected chi connectivity index (χ3v) is 3.52. The van der Waals surface area contributed by atoms with Crippen LogP contribution in [0.2, 0.25) is 0 Å². The van der Waals surface area contributed by atoms with Crippen molar-refractivity contribution in [3.8, 4) is 6.07 Å². The molecule has 20 heavy (non-hydrogen) atoms. The highest BCUT2D eigenvalue weighted by molar-refractivity contribution is 6.10. The first-order valence-corrected chi connectivity index (χ1v) is 6.84. The second-order valence-electron chi connectivity index (χ2n) is 4.83. The third kappa shape index (κ3) is 2.29. The SMILES string of the molecule is N#CCC/C=C/c1cc2ccccc2c2ccccc12. The Bertz CT molecular complexity index is 822. The van der Waals surface area contributed by atoms with Gasteiger partial charge in [0.15, 0.2) is 0 Å². The number of nitriles is 1. The molecule has 3 aromatic carbocycles. The maximum atomic E-state index is 8.59. The number of hydrogen-bond donors (Lipinski definition) is 0. The minimum absolute atomic E-state index is 0.571. The highest BCUT2D eigenvalue weighted by Gasteiger charge is 2.03. The van der Waals surface area contributed by atoms with Crippen LogP contribution < -0.4 is 0 Å². The summed E-state index contributed by atoms with van der Waals surface area (Å²) >= 11 is 0. The summed E-state index contributed by atoms with van der Waals surface area (Å²) in [7, 11) is 0. The van der Waals surface area contributed by atoms with E-state index in [0.717, 1.165) is 6.42 Å². The number of allylic oxidation sites excluding steroid dienone is 1. The van der Waals surface area contributed by atoms with E-state index in [1.54, 1.807) is 0 Å². The van der Waals surface area contributed by atoms with Crippen molar-refractivity contribution in [2.45, 2.75) is 12.8 Å². The Morgan fingerprint density at radius 3 is 2.40 bits per heavy atom. The first-order chi connectivity index (χ1) is 9.90. The fraction of sp³-hybridized carbons (Fsp3) is 0.105. The highest BCUT2D eigenvalue weighted by Crippen LogP contribution is 2.29. The Kier molecular flexibility index (Phi) is 3.48. The van der Waals surface area contributed by atoms with Crippen LogP contribution in [0.4, 0.5) is 0 Å². The average Bonchev–Trinajstić information content (AvgIpc) is 2.51. The van der Waals surface area contributed by atoms with E-state index < -0.39 is 0 Å². The highest BCUT2D eigenvalue weighted by atomic mass is 14.2. The van der Waals surface area contributed by atoms with E-state index in [4.69, 9.17) is 5.26 Å².